The molecule has 18 heavy (non-hydrogen) atoms. The van der Waals surface area contributed by atoms with E-state index in [1.54, 1.807) is 0 Å². The van der Waals surface area contributed by atoms with E-state index in [1.165, 1.54) is 18.2 Å². The molecule has 0 bridgehead atoms. The van der Waals surface area contributed by atoms with Crippen molar-refractivity contribution in [3.8, 4) is 0 Å². The molecule has 0 aliphatic carbocycles. The fourth-order valence-electron chi connectivity index (χ4n) is 1.16. The zero-order valence-electron chi connectivity index (χ0n) is 9.07. The lowest BCUT2D eigenvalue weighted by Gasteiger charge is -2.11. The Hall–Kier alpha value is -1.53. The number of carbonyl (C=O) groups excluding carboxylic acids is 1. The number of ether oxygens (including phenoxy) is 1. The maximum atomic E-state index is 11.4. The summed E-state index contributed by atoms with van der Waals surface area (Å²) >= 11 is 8.93. The molecule has 96 valence electrons. The van der Waals surface area contributed by atoms with Gasteiger partial charge in [0.15, 0.2) is 0 Å². The minimum absolute atomic E-state index is 0.0138. The predicted molar refractivity (Wildman–Crippen MR) is 71.3 cm³/mol. The van der Waals surface area contributed by atoms with Crippen molar-refractivity contribution in [1.82, 2.24) is 0 Å². The monoisotopic (exact) mass is 333 g/mol. The summed E-state index contributed by atoms with van der Waals surface area (Å²) in [6, 6.07) is 2.94. The molecule has 0 fully saturated rings. The van der Waals surface area contributed by atoms with Gasteiger partial charge in [-0.3, -0.25) is 5.32 Å². The molecule has 0 unspecified atom stereocenters. The van der Waals surface area contributed by atoms with Gasteiger partial charge in [-0.1, -0.05) is 24.3 Å². The minimum atomic E-state index is -1.22. The van der Waals surface area contributed by atoms with E-state index in [-0.39, 0.29) is 22.9 Å². The van der Waals surface area contributed by atoms with E-state index in [4.69, 9.17) is 16.7 Å². The van der Waals surface area contributed by atoms with E-state index in [9.17, 15) is 9.59 Å². The van der Waals surface area contributed by atoms with E-state index < -0.39 is 12.1 Å². The van der Waals surface area contributed by atoms with Crippen molar-refractivity contribution in [2.24, 2.45) is 0 Å². The summed E-state index contributed by atoms with van der Waals surface area (Å²) in [6.07, 6.45) is 0.581. The summed E-state index contributed by atoms with van der Waals surface area (Å²) in [5.74, 6) is -1.22. The third-order valence-electron chi connectivity index (χ3n) is 1.88. The number of carboxylic acids is 1. The van der Waals surface area contributed by atoms with Crippen molar-refractivity contribution in [1.29, 1.82) is 0 Å². The molecule has 5 nitrogen and oxygen atoms in total. The van der Waals surface area contributed by atoms with Gasteiger partial charge in [0.05, 0.1) is 16.3 Å². The van der Waals surface area contributed by atoms with Crippen LogP contribution in [0.25, 0.3) is 0 Å². The van der Waals surface area contributed by atoms with Crippen LogP contribution >= 0.6 is 27.5 Å². The highest BCUT2D eigenvalue weighted by molar-refractivity contribution is 9.10. The van der Waals surface area contributed by atoms with Gasteiger partial charge in [0.2, 0.25) is 0 Å². The number of carboxylic acid groups (broad SMARTS) is 1. The average molecular weight is 335 g/mol. The largest absolute Gasteiger partial charge is 0.478 e. The highest BCUT2D eigenvalue weighted by Crippen LogP contribution is 2.32. The Morgan fingerprint density at radius 2 is 2.22 bits per heavy atom. The molecule has 1 aromatic carbocycles. The number of benzene rings is 1. The number of aromatic carboxylic acids is 1. The van der Waals surface area contributed by atoms with Crippen LogP contribution in [0.1, 0.15) is 10.4 Å². The van der Waals surface area contributed by atoms with Gasteiger partial charge in [0.25, 0.3) is 0 Å². The maximum absolute atomic E-state index is 11.4. The molecule has 1 aromatic rings. The molecule has 2 N–H and O–H groups in total. The fourth-order valence-corrected chi connectivity index (χ4v) is 1.86. The molecule has 0 saturated carbocycles. The number of hydrogen-bond acceptors (Lipinski definition) is 3. The number of rotatable bonds is 4. The van der Waals surface area contributed by atoms with Crippen molar-refractivity contribution < 1.29 is 19.4 Å². The molecule has 0 aliphatic heterocycles. The third-order valence-corrected chi connectivity index (χ3v) is 2.85. The smallest absolute Gasteiger partial charge is 0.412 e. The van der Waals surface area contributed by atoms with Gasteiger partial charge in [-0.05, 0) is 28.1 Å². The molecule has 7 heteroatoms. The van der Waals surface area contributed by atoms with Gasteiger partial charge >= 0.3 is 12.1 Å². The highest BCUT2D eigenvalue weighted by atomic mass is 79.9. The predicted octanol–water partition coefficient (Wildman–Crippen LogP) is 3.54. The van der Waals surface area contributed by atoms with Crippen LogP contribution in [0.4, 0.5) is 10.5 Å². The summed E-state index contributed by atoms with van der Waals surface area (Å²) in [5.41, 5.74) is -0.161. The molecule has 1 rings (SSSR count). The van der Waals surface area contributed by atoms with Gasteiger partial charge in [-0.25, -0.2) is 9.59 Å². The van der Waals surface area contributed by atoms with Gasteiger partial charge in [0.1, 0.15) is 6.61 Å². The molecule has 1 amide bonds. The molecule has 0 spiro atoms. The minimum Gasteiger partial charge on any atom is -0.478 e. The lowest BCUT2D eigenvalue weighted by atomic mass is 10.2. The molecule has 0 atom stereocenters. The van der Waals surface area contributed by atoms with E-state index in [1.807, 2.05) is 0 Å². The van der Waals surface area contributed by atoms with Crippen molar-refractivity contribution in [2.75, 3.05) is 11.9 Å². The van der Waals surface area contributed by atoms with Crippen molar-refractivity contribution in [2.45, 2.75) is 0 Å². The van der Waals surface area contributed by atoms with Crippen LogP contribution in [-0.2, 0) is 4.74 Å². The van der Waals surface area contributed by atoms with Gasteiger partial charge in [-0.15, -0.1) is 0 Å². The summed E-state index contributed by atoms with van der Waals surface area (Å²) < 4.78 is 4.99. The van der Waals surface area contributed by atoms with Crippen LogP contribution in [-0.4, -0.2) is 23.8 Å². The molecule has 0 saturated heterocycles. The second-order valence-corrected chi connectivity index (χ2v) is 4.36. The van der Waals surface area contributed by atoms with Crippen LogP contribution in [0, 0.1) is 0 Å². The lowest BCUT2D eigenvalue weighted by molar-refractivity contribution is 0.0697. The summed E-state index contributed by atoms with van der Waals surface area (Å²) in [6.45, 7) is 3.40. The number of hydrogen-bond donors (Lipinski definition) is 2. The number of amides is 1. The summed E-state index contributed by atoms with van der Waals surface area (Å²) in [7, 11) is 0. The number of carbonyl (C=O) groups is 2. The first-order valence-electron chi connectivity index (χ1n) is 4.73. The zero-order valence-corrected chi connectivity index (χ0v) is 11.4. The maximum Gasteiger partial charge on any atom is 0.412 e. The molecule has 0 aliphatic rings. The first-order chi connectivity index (χ1) is 8.47. The lowest BCUT2D eigenvalue weighted by Crippen LogP contribution is -2.16. The molecular formula is C11H9BrClNO4. The Labute approximate surface area is 117 Å². The van der Waals surface area contributed by atoms with Crippen molar-refractivity contribution in [3.63, 3.8) is 0 Å². The molecule has 0 heterocycles. The van der Waals surface area contributed by atoms with Crippen LogP contribution in [0.2, 0.25) is 5.02 Å². The Balaban J connectivity index is 3.07. The SMILES string of the molecule is C=CCOC(=O)Nc1c(Cl)ccc(Br)c1C(=O)O. The topological polar surface area (TPSA) is 75.6 Å². The number of nitrogens with one attached hydrogen (secondary N) is 1. The summed E-state index contributed by atoms with van der Waals surface area (Å²) in [5, 5.41) is 11.4. The fraction of sp³-hybridized carbons (Fsp3) is 0.0909. The van der Waals surface area contributed by atoms with Crippen LogP contribution in [0.5, 0.6) is 0 Å². The van der Waals surface area contributed by atoms with Gasteiger partial charge in [0, 0.05) is 4.47 Å². The Morgan fingerprint density at radius 3 is 2.78 bits per heavy atom. The number of halogens is 2. The van der Waals surface area contributed by atoms with E-state index >= 15 is 0 Å². The second kappa shape index (κ2) is 6.42. The average Bonchev–Trinajstić information content (AvgIpc) is 2.30. The normalized spacial score (nSPS) is 9.67. The van der Waals surface area contributed by atoms with E-state index in [2.05, 4.69) is 32.6 Å². The van der Waals surface area contributed by atoms with E-state index in [0.717, 1.165) is 0 Å². The Kier molecular flexibility index (Phi) is 5.18. The van der Waals surface area contributed by atoms with Gasteiger partial charge < -0.3 is 9.84 Å². The first-order valence-corrected chi connectivity index (χ1v) is 5.90. The van der Waals surface area contributed by atoms with Crippen LogP contribution in [0.15, 0.2) is 29.3 Å². The quantitative estimate of drug-likeness (QED) is 0.826. The molecule has 0 radical (unpaired) electrons. The van der Waals surface area contributed by atoms with Gasteiger partial charge in [-0.2, -0.15) is 0 Å². The standard InChI is InChI=1S/C11H9BrClNO4/c1-2-5-18-11(17)14-9-7(13)4-3-6(12)8(9)10(15)16/h2-4H,1,5H2,(H,14,17)(H,15,16). The summed E-state index contributed by atoms with van der Waals surface area (Å²) in [4.78, 5) is 22.5. The van der Waals surface area contributed by atoms with Crippen LogP contribution < -0.4 is 5.32 Å². The van der Waals surface area contributed by atoms with Crippen LogP contribution in [0.3, 0.4) is 0 Å². The highest BCUT2D eigenvalue weighted by Gasteiger charge is 2.19. The zero-order chi connectivity index (χ0) is 13.7. The second-order valence-electron chi connectivity index (χ2n) is 3.10. The molecular weight excluding hydrogens is 325 g/mol. The van der Waals surface area contributed by atoms with Crippen molar-refractivity contribution >= 4 is 45.3 Å². The first kappa shape index (κ1) is 14.5. The van der Waals surface area contributed by atoms with E-state index in [0.29, 0.717) is 4.47 Å². The molecule has 0 aromatic heterocycles. The number of anilines is 1. The van der Waals surface area contributed by atoms with Crippen molar-refractivity contribution in [3.05, 3.63) is 39.8 Å². The third kappa shape index (κ3) is 3.48. The Bertz CT molecular complexity index is 504. The Morgan fingerprint density at radius 1 is 1.56 bits per heavy atom.